The first-order valence-corrected chi connectivity index (χ1v) is 9.83. The molecule has 0 bridgehead atoms. The number of benzene rings is 2. The van der Waals surface area contributed by atoms with Crippen LogP contribution in [0.2, 0.25) is 5.02 Å². The lowest BCUT2D eigenvalue weighted by Crippen LogP contribution is -2.22. The Labute approximate surface area is 176 Å². The monoisotopic (exact) mass is 408 g/mol. The highest BCUT2D eigenvalue weighted by Crippen LogP contribution is 2.35. The van der Waals surface area contributed by atoms with E-state index in [9.17, 15) is 0 Å². The first-order chi connectivity index (χ1) is 14.2. The van der Waals surface area contributed by atoms with Gasteiger partial charge >= 0.3 is 0 Å². The van der Waals surface area contributed by atoms with Gasteiger partial charge in [0.2, 0.25) is 0 Å². The average molecular weight is 409 g/mol. The van der Waals surface area contributed by atoms with Gasteiger partial charge in [-0.25, -0.2) is 4.98 Å². The first kappa shape index (κ1) is 20.9. The molecule has 0 amide bonds. The highest BCUT2D eigenvalue weighted by atomic mass is 35.5. The van der Waals surface area contributed by atoms with Gasteiger partial charge in [0.25, 0.3) is 0 Å². The maximum Gasteiger partial charge on any atom is 0.111 e. The molecule has 1 aromatic heterocycles. The number of aliphatic hydroxyl groups is 1. The van der Waals surface area contributed by atoms with Crippen molar-refractivity contribution < 1.29 is 5.11 Å². The fourth-order valence-electron chi connectivity index (χ4n) is 3.05. The number of nitrogens with zero attached hydrogens (tertiary/aromatic N) is 2. The summed E-state index contributed by atoms with van der Waals surface area (Å²) in [6, 6.07) is 15.9. The first-order valence-electron chi connectivity index (χ1n) is 9.45. The summed E-state index contributed by atoms with van der Waals surface area (Å²) >= 11 is 6.69. The van der Waals surface area contributed by atoms with Crippen LogP contribution in [0.4, 0.5) is 5.69 Å². The molecule has 29 heavy (non-hydrogen) atoms. The predicted octanol–water partition coefficient (Wildman–Crippen LogP) is 4.86. The second-order valence-corrected chi connectivity index (χ2v) is 6.84. The number of hydrogen-bond acceptors (Lipinski definition) is 4. The van der Waals surface area contributed by atoms with E-state index in [-0.39, 0.29) is 6.61 Å². The summed E-state index contributed by atoms with van der Waals surface area (Å²) in [6.45, 7) is 7.29. The molecule has 6 heteroatoms. The van der Waals surface area contributed by atoms with Crippen LogP contribution in [-0.2, 0) is 6.67 Å². The zero-order valence-corrected chi connectivity index (χ0v) is 17.2. The molecule has 0 aliphatic rings. The topological polar surface area (TPSA) is 62.1 Å². The number of anilines is 1. The molecule has 0 aliphatic heterocycles. The minimum atomic E-state index is 0.0883. The summed E-state index contributed by atoms with van der Waals surface area (Å²) < 4.78 is 1.97. The number of allylic oxidation sites excluding steroid dienone is 1. The van der Waals surface area contributed by atoms with E-state index >= 15 is 0 Å². The molecule has 3 aromatic rings. The normalized spacial score (nSPS) is 11.1. The van der Waals surface area contributed by atoms with Crippen LogP contribution in [0.5, 0.6) is 0 Å². The van der Waals surface area contributed by atoms with E-state index in [4.69, 9.17) is 16.7 Å². The van der Waals surface area contributed by atoms with Crippen molar-refractivity contribution in [3.05, 3.63) is 83.9 Å². The minimum Gasteiger partial charge on any atom is -0.395 e. The second-order valence-electron chi connectivity index (χ2n) is 6.47. The highest BCUT2D eigenvalue weighted by molar-refractivity contribution is 6.36. The fraction of sp³-hybridized carbons (Fsp3) is 0.174. The van der Waals surface area contributed by atoms with E-state index in [1.165, 1.54) is 0 Å². The molecule has 3 N–H and O–H groups in total. The van der Waals surface area contributed by atoms with Gasteiger partial charge in [0.1, 0.15) is 5.69 Å². The van der Waals surface area contributed by atoms with Crippen molar-refractivity contribution in [1.82, 2.24) is 14.9 Å². The molecule has 1 heterocycles. The van der Waals surface area contributed by atoms with E-state index < -0.39 is 0 Å². The molecule has 150 valence electrons. The Morgan fingerprint density at radius 1 is 1.21 bits per heavy atom. The van der Waals surface area contributed by atoms with Crippen molar-refractivity contribution in [2.24, 2.45) is 0 Å². The van der Waals surface area contributed by atoms with E-state index in [1.54, 1.807) is 6.33 Å². The Hall–Kier alpha value is -2.86. The fourth-order valence-corrected chi connectivity index (χ4v) is 3.33. The maximum atomic E-state index is 8.97. The summed E-state index contributed by atoms with van der Waals surface area (Å²) in [6.07, 6.45) is 5.70. The number of halogens is 1. The molecular formula is C23H25ClN4O. The molecule has 2 aromatic carbocycles. The van der Waals surface area contributed by atoms with E-state index in [0.717, 1.165) is 28.2 Å². The zero-order chi connectivity index (χ0) is 20.6. The summed E-state index contributed by atoms with van der Waals surface area (Å²) in [5.41, 5.74) is 5.11. The second kappa shape index (κ2) is 10.1. The Balaban J connectivity index is 1.86. The van der Waals surface area contributed by atoms with E-state index in [1.807, 2.05) is 72.2 Å². The van der Waals surface area contributed by atoms with Crippen LogP contribution in [0.1, 0.15) is 18.3 Å². The van der Waals surface area contributed by atoms with Crippen LogP contribution in [0.3, 0.4) is 0 Å². The molecule has 0 aliphatic carbocycles. The van der Waals surface area contributed by atoms with Crippen LogP contribution >= 0.6 is 11.6 Å². The Morgan fingerprint density at radius 3 is 2.72 bits per heavy atom. The zero-order valence-electron chi connectivity index (χ0n) is 16.4. The Morgan fingerprint density at radius 2 is 2.00 bits per heavy atom. The highest BCUT2D eigenvalue weighted by Gasteiger charge is 2.14. The quantitative estimate of drug-likeness (QED) is 0.442. The van der Waals surface area contributed by atoms with E-state index in [2.05, 4.69) is 22.2 Å². The molecule has 0 saturated carbocycles. The van der Waals surface area contributed by atoms with Crippen LogP contribution in [0.25, 0.3) is 22.9 Å². The Kier molecular flexibility index (Phi) is 7.25. The van der Waals surface area contributed by atoms with Crippen molar-refractivity contribution in [3.63, 3.8) is 0 Å². The lowest BCUT2D eigenvalue weighted by molar-refractivity contribution is 0.287. The lowest BCUT2D eigenvalue weighted by atomic mass is 10.0. The van der Waals surface area contributed by atoms with Gasteiger partial charge < -0.3 is 15.0 Å². The number of rotatable bonds is 9. The third kappa shape index (κ3) is 4.95. The number of nitrogens with one attached hydrogen (secondary N) is 2. The van der Waals surface area contributed by atoms with Crippen LogP contribution in [0.15, 0.2) is 67.5 Å². The molecule has 0 spiro atoms. The molecule has 0 fully saturated rings. The average Bonchev–Trinajstić information content (AvgIpc) is 3.13. The van der Waals surface area contributed by atoms with Gasteiger partial charge in [-0.1, -0.05) is 66.7 Å². The van der Waals surface area contributed by atoms with Crippen molar-refractivity contribution in [2.75, 3.05) is 18.5 Å². The predicted molar refractivity (Wildman–Crippen MR) is 122 cm³/mol. The molecule has 3 rings (SSSR count). The minimum absolute atomic E-state index is 0.0883. The number of aromatic nitrogens is 2. The largest absolute Gasteiger partial charge is 0.395 e. The SMILES string of the molecule is C=C(Nc1cccc(-c2ccccc2)c1Cl)c1ncn(CNCCO)c1/C=C\C. The third-order valence-electron chi connectivity index (χ3n) is 4.43. The summed E-state index contributed by atoms with van der Waals surface area (Å²) in [5, 5.41) is 16.1. The number of aliphatic hydroxyl groups excluding tert-OH is 1. The van der Waals surface area contributed by atoms with Gasteiger partial charge in [-0.2, -0.15) is 0 Å². The van der Waals surface area contributed by atoms with Gasteiger partial charge in [0, 0.05) is 12.1 Å². The number of imidazole rings is 1. The summed E-state index contributed by atoms with van der Waals surface area (Å²) in [4.78, 5) is 4.52. The van der Waals surface area contributed by atoms with Crippen LogP contribution < -0.4 is 10.6 Å². The standard InChI is InChI=1S/C23H25ClN4O/c1-3-8-21-23(26-16-28(21)15-25-13-14-29)17(2)27-20-12-7-11-19(22(20)24)18-9-5-4-6-10-18/h3-12,16,25,27,29H,2,13-15H2,1H3/b8-3-. The van der Waals surface area contributed by atoms with E-state index in [0.29, 0.717) is 23.9 Å². The number of hydrogen-bond donors (Lipinski definition) is 3. The molecule has 0 atom stereocenters. The van der Waals surface area contributed by atoms with Gasteiger partial charge in [0.05, 0.1) is 41.7 Å². The summed E-state index contributed by atoms with van der Waals surface area (Å²) in [5.74, 6) is 0. The molecule has 0 radical (unpaired) electrons. The molecule has 0 unspecified atom stereocenters. The summed E-state index contributed by atoms with van der Waals surface area (Å²) in [7, 11) is 0. The molecule has 5 nitrogen and oxygen atoms in total. The smallest absolute Gasteiger partial charge is 0.111 e. The van der Waals surface area contributed by atoms with Crippen LogP contribution in [0, 0.1) is 0 Å². The van der Waals surface area contributed by atoms with Crippen molar-refractivity contribution in [3.8, 4) is 11.1 Å². The van der Waals surface area contributed by atoms with Gasteiger partial charge in [-0.3, -0.25) is 5.32 Å². The molecular weight excluding hydrogens is 384 g/mol. The third-order valence-corrected chi connectivity index (χ3v) is 4.84. The van der Waals surface area contributed by atoms with Gasteiger partial charge in [-0.15, -0.1) is 0 Å². The Bertz CT molecular complexity index is 995. The van der Waals surface area contributed by atoms with Gasteiger partial charge in [-0.05, 0) is 24.6 Å². The van der Waals surface area contributed by atoms with Crippen molar-refractivity contribution in [2.45, 2.75) is 13.6 Å². The lowest BCUT2D eigenvalue weighted by Gasteiger charge is -2.14. The van der Waals surface area contributed by atoms with Crippen LogP contribution in [-0.4, -0.2) is 27.8 Å². The van der Waals surface area contributed by atoms with Gasteiger partial charge in [0.15, 0.2) is 0 Å². The van der Waals surface area contributed by atoms with Crippen molar-refractivity contribution >= 4 is 29.1 Å². The maximum absolute atomic E-state index is 8.97. The molecule has 0 saturated heterocycles. The van der Waals surface area contributed by atoms with Crippen molar-refractivity contribution in [1.29, 1.82) is 0 Å².